The predicted octanol–water partition coefficient (Wildman–Crippen LogP) is 3.20. The third-order valence-corrected chi connectivity index (χ3v) is 11.3. The number of nitrogens with one attached hydrogen (secondary N) is 2. The molecule has 57 heavy (non-hydrogen) atoms. The zero-order valence-corrected chi connectivity index (χ0v) is 32.4. The van der Waals surface area contributed by atoms with Crippen molar-refractivity contribution in [3.05, 3.63) is 114 Å². The van der Waals surface area contributed by atoms with E-state index in [1.165, 1.54) is 0 Å². The molecule has 4 aromatic rings. The standard InChI is InChI=1S/C43H52N8O6/c1-3-19-49-29-39(54)50-37(24-30-13-15-34(53)16-14-30)42(56)48(28-38(50)51(49)43(57)44-25-31-9-5-4-6-10-31)26-32-11-7-12-35-36(27-46(2)40(32)35)41(55)45-33-17-21-47(22-18-33)20-8-23-52/h3-7,9-16,27,33,37-38,52-53H,1,8,17-26,28-29H2,2H3,(H,44,57)(H,45,55)/t37-,38-/m0/s1. The average Bonchev–Trinajstić information content (AvgIpc) is 3.56. The fraction of sp³-hybridized carbons (Fsp3) is 0.395. The van der Waals surface area contributed by atoms with Gasteiger partial charge in [-0.05, 0) is 48.1 Å². The number of carbonyl (C=O) groups is 4. The molecule has 0 bridgehead atoms. The van der Waals surface area contributed by atoms with Crippen molar-refractivity contribution in [2.75, 3.05) is 45.9 Å². The number of piperidine rings is 1. The molecule has 0 aliphatic carbocycles. The fourth-order valence-electron chi connectivity index (χ4n) is 8.48. The summed E-state index contributed by atoms with van der Waals surface area (Å²) in [6, 6.07) is 20.6. The number of urea groups is 1. The highest BCUT2D eigenvalue weighted by molar-refractivity contribution is 6.08. The number of carbonyl (C=O) groups excluding carboxylic acids is 4. The lowest BCUT2D eigenvalue weighted by atomic mass is 9.98. The van der Waals surface area contributed by atoms with Gasteiger partial charge in [-0.25, -0.2) is 14.8 Å². The molecule has 4 heterocycles. The maximum Gasteiger partial charge on any atom is 0.334 e. The Bertz CT molecular complexity index is 2080. The topological polar surface area (TPSA) is 154 Å². The van der Waals surface area contributed by atoms with Crippen molar-refractivity contribution >= 4 is 34.7 Å². The summed E-state index contributed by atoms with van der Waals surface area (Å²) in [6.45, 7) is 7.25. The molecule has 2 atom stereocenters. The number of hydrogen-bond acceptors (Lipinski definition) is 8. The Labute approximate surface area is 332 Å². The van der Waals surface area contributed by atoms with Crippen LogP contribution in [0.4, 0.5) is 4.79 Å². The lowest BCUT2D eigenvalue weighted by molar-refractivity contribution is -0.189. The normalized spacial score (nSPS) is 19.5. The number of benzene rings is 3. The van der Waals surface area contributed by atoms with Crippen LogP contribution in [-0.2, 0) is 36.1 Å². The lowest BCUT2D eigenvalue weighted by Gasteiger charge is -2.55. The zero-order chi connectivity index (χ0) is 40.1. The summed E-state index contributed by atoms with van der Waals surface area (Å²) in [5.74, 6) is -0.594. The minimum atomic E-state index is -0.930. The number of aliphatic hydroxyl groups excluding tert-OH is 1. The van der Waals surface area contributed by atoms with E-state index in [0.29, 0.717) is 5.56 Å². The number of para-hydroxylation sites is 1. The summed E-state index contributed by atoms with van der Waals surface area (Å²) in [4.78, 5) is 62.2. The van der Waals surface area contributed by atoms with Gasteiger partial charge in [0.1, 0.15) is 18.0 Å². The molecule has 3 aliphatic heterocycles. The molecule has 1 aromatic heterocycles. The van der Waals surface area contributed by atoms with Crippen molar-refractivity contribution in [1.29, 1.82) is 0 Å². The Hall–Kier alpha value is -5.70. The first-order valence-electron chi connectivity index (χ1n) is 19.7. The highest BCUT2D eigenvalue weighted by Crippen LogP contribution is 2.32. The minimum Gasteiger partial charge on any atom is -0.508 e. The van der Waals surface area contributed by atoms with Crippen molar-refractivity contribution < 1.29 is 29.4 Å². The van der Waals surface area contributed by atoms with Crippen LogP contribution in [0.15, 0.2) is 91.6 Å². The van der Waals surface area contributed by atoms with Gasteiger partial charge in [0.25, 0.3) is 5.91 Å². The number of phenols is 1. The molecule has 4 N–H and O–H groups in total. The molecule has 3 fully saturated rings. The molecule has 3 aromatic carbocycles. The Morgan fingerprint density at radius 1 is 0.965 bits per heavy atom. The monoisotopic (exact) mass is 776 g/mol. The summed E-state index contributed by atoms with van der Waals surface area (Å²) in [5.41, 5.74) is 3.86. The SMILES string of the molecule is C=CCN1CC(=O)N2[C@@H](Cc3ccc(O)cc3)C(=O)N(Cc3cccc4c(C(=O)NC5CCN(CCCO)CC5)cn(C)c34)C[C@@H]2N1C(=O)NCc1ccccc1. The highest BCUT2D eigenvalue weighted by Gasteiger charge is 2.51. The number of aromatic hydroxyl groups is 1. The molecule has 0 unspecified atom stereocenters. The van der Waals surface area contributed by atoms with Gasteiger partial charge in [0.15, 0.2) is 0 Å². The summed E-state index contributed by atoms with van der Waals surface area (Å²) in [7, 11) is 1.89. The van der Waals surface area contributed by atoms with Gasteiger partial charge < -0.3 is 40.1 Å². The number of aryl methyl sites for hydroxylation is 1. The van der Waals surface area contributed by atoms with Crippen LogP contribution in [0, 0.1) is 0 Å². The largest absolute Gasteiger partial charge is 0.508 e. The number of amides is 5. The van der Waals surface area contributed by atoms with Crippen LogP contribution in [0.3, 0.4) is 0 Å². The van der Waals surface area contributed by atoms with Gasteiger partial charge >= 0.3 is 6.03 Å². The number of piperazine rings is 1. The third kappa shape index (κ3) is 8.68. The molecular formula is C43H52N8O6. The summed E-state index contributed by atoms with van der Waals surface area (Å²) >= 11 is 0. The molecular weight excluding hydrogens is 725 g/mol. The van der Waals surface area contributed by atoms with E-state index in [9.17, 15) is 29.4 Å². The Morgan fingerprint density at radius 3 is 2.44 bits per heavy atom. The first-order valence-corrected chi connectivity index (χ1v) is 19.7. The number of hydrogen-bond donors (Lipinski definition) is 4. The van der Waals surface area contributed by atoms with E-state index in [1.54, 1.807) is 50.2 Å². The van der Waals surface area contributed by atoms with E-state index < -0.39 is 18.2 Å². The molecule has 0 radical (unpaired) electrons. The van der Waals surface area contributed by atoms with Crippen LogP contribution in [0.2, 0.25) is 0 Å². The van der Waals surface area contributed by atoms with Crippen molar-refractivity contribution in [3.63, 3.8) is 0 Å². The van der Waals surface area contributed by atoms with Crippen molar-refractivity contribution in [3.8, 4) is 5.75 Å². The predicted molar refractivity (Wildman–Crippen MR) is 215 cm³/mol. The Kier molecular flexibility index (Phi) is 12.2. The molecule has 0 spiro atoms. The number of rotatable bonds is 13. The van der Waals surface area contributed by atoms with E-state index in [1.807, 2.05) is 66.3 Å². The van der Waals surface area contributed by atoms with Gasteiger partial charge in [0.2, 0.25) is 11.8 Å². The Balaban J connectivity index is 1.18. The molecule has 0 saturated carbocycles. The van der Waals surface area contributed by atoms with Gasteiger partial charge in [-0.1, -0.05) is 66.7 Å². The smallest absolute Gasteiger partial charge is 0.334 e. The average molecular weight is 777 g/mol. The van der Waals surface area contributed by atoms with E-state index >= 15 is 0 Å². The molecule has 7 rings (SSSR count). The zero-order valence-electron chi connectivity index (χ0n) is 32.4. The maximum atomic E-state index is 14.7. The quantitative estimate of drug-likeness (QED) is 0.151. The summed E-state index contributed by atoms with van der Waals surface area (Å²) < 4.78 is 1.92. The van der Waals surface area contributed by atoms with E-state index in [4.69, 9.17) is 0 Å². The number of hydrazine groups is 1. The number of aromatic nitrogens is 1. The molecule has 5 amide bonds. The number of phenolic OH excluding ortho intramolecular Hbond substituents is 1. The van der Waals surface area contributed by atoms with Gasteiger partial charge in [0, 0.05) is 77.0 Å². The van der Waals surface area contributed by atoms with Gasteiger partial charge in [-0.15, -0.1) is 6.58 Å². The fourth-order valence-corrected chi connectivity index (χ4v) is 8.48. The van der Waals surface area contributed by atoms with Crippen LogP contribution >= 0.6 is 0 Å². The lowest BCUT2D eigenvalue weighted by Crippen LogP contribution is -2.76. The second-order valence-corrected chi connectivity index (χ2v) is 15.1. The second kappa shape index (κ2) is 17.6. The first-order chi connectivity index (χ1) is 27.6. The van der Waals surface area contributed by atoms with Gasteiger partial charge in [0.05, 0.1) is 24.2 Å². The molecule has 300 valence electrons. The first kappa shape index (κ1) is 39.5. The second-order valence-electron chi connectivity index (χ2n) is 15.1. The molecule has 3 saturated heterocycles. The number of likely N-dealkylation sites (tertiary alicyclic amines) is 1. The van der Waals surface area contributed by atoms with E-state index in [2.05, 4.69) is 22.1 Å². The van der Waals surface area contributed by atoms with Crippen molar-refractivity contribution in [2.24, 2.45) is 7.05 Å². The Morgan fingerprint density at radius 2 is 1.72 bits per heavy atom. The van der Waals surface area contributed by atoms with Crippen molar-refractivity contribution in [1.82, 2.24) is 39.9 Å². The summed E-state index contributed by atoms with van der Waals surface area (Å²) in [6.07, 6.45) is 5.24. The summed E-state index contributed by atoms with van der Waals surface area (Å²) in [5, 5.41) is 29.4. The van der Waals surface area contributed by atoms with E-state index in [0.717, 1.165) is 66.5 Å². The van der Waals surface area contributed by atoms with Gasteiger partial charge in [-0.2, -0.15) is 0 Å². The maximum absolute atomic E-state index is 14.7. The van der Waals surface area contributed by atoms with Crippen molar-refractivity contribution in [2.45, 2.75) is 57.0 Å². The van der Waals surface area contributed by atoms with Gasteiger partial charge in [-0.3, -0.25) is 14.4 Å². The van der Waals surface area contributed by atoms with Crippen LogP contribution in [0.5, 0.6) is 5.75 Å². The number of nitrogens with zero attached hydrogens (tertiary/aromatic N) is 6. The van der Waals surface area contributed by atoms with Crippen LogP contribution in [-0.4, -0.2) is 127 Å². The van der Waals surface area contributed by atoms with E-state index in [-0.39, 0.29) is 75.3 Å². The molecule has 3 aliphatic rings. The molecule has 14 nitrogen and oxygen atoms in total. The number of aliphatic hydroxyl groups is 1. The molecule has 14 heteroatoms. The number of fused-ring (bicyclic) bond motifs is 2. The van der Waals surface area contributed by atoms with Crippen LogP contribution < -0.4 is 10.6 Å². The minimum absolute atomic E-state index is 0.0486. The van der Waals surface area contributed by atoms with Crippen LogP contribution in [0.1, 0.15) is 46.3 Å². The third-order valence-electron chi connectivity index (χ3n) is 11.3. The van der Waals surface area contributed by atoms with Crippen LogP contribution in [0.25, 0.3) is 10.9 Å². The highest BCUT2D eigenvalue weighted by atomic mass is 16.3.